The van der Waals surface area contributed by atoms with Crippen molar-refractivity contribution in [2.75, 3.05) is 0 Å². The van der Waals surface area contributed by atoms with E-state index >= 15 is 0 Å². The maximum absolute atomic E-state index is 13.6. The Hall–Kier alpha value is -0.890. The molecule has 0 amide bonds. The Morgan fingerprint density at radius 3 is 2.21 bits per heavy atom. The summed E-state index contributed by atoms with van der Waals surface area (Å²) in [4.78, 5) is 0. The van der Waals surface area contributed by atoms with Gasteiger partial charge < -0.3 is 5.32 Å². The first-order valence-corrected chi connectivity index (χ1v) is 7.36. The predicted molar refractivity (Wildman–Crippen MR) is 78.8 cm³/mol. The average Bonchev–Trinajstić information content (AvgIpc) is 2.34. The van der Waals surface area contributed by atoms with Crippen molar-refractivity contribution in [2.45, 2.75) is 66.0 Å². The summed E-state index contributed by atoms with van der Waals surface area (Å²) >= 11 is 0. The molecule has 1 aromatic carbocycles. The molecule has 0 unspecified atom stereocenters. The maximum Gasteiger partial charge on any atom is 0.129 e. The largest absolute Gasteiger partial charge is 0.310 e. The van der Waals surface area contributed by atoms with E-state index in [1.165, 1.54) is 31.2 Å². The molecule has 0 spiro atoms. The molecule has 1 saturated carbocycles. The fourth-order valence-corrected chi connectivity index (χ4v) is 3.00. The number of benzene rings is 1. The van der Waals surface area contributed by atoms with Crippen LogP contribution in [-0.2, 0) is 6.54 Å². The zero-order valence-electron chi connectivity index (χ0n) is 12.6. The van der Waals surface area contributed by atoms with E-state index in [4.69, 9.17) is 0 Å². The smallest absolute Gasteiger partial charge is 0.129 e. The van der Waals surface area contributed by atoms with Crippen LogP contribution in [-0.4, -0.2) is 6.04 Å². The lowest BCUT2D eigenvalue weighted by Crippen LogP contribution is -2.35. The molecule has 1 N–H and O–H groups in total. The zero-order valence-corrected chi connectivity index (χ0v) is 12.6. The van der Waals surface area contributed by atoms with Gasteiger partial charge in [-0.3, -0.25) is 0 Å². The minimum absolute atomic E-state index is 0.0665. The van der Waals surface area contributed by atoms with Crippen molar-refractivity contribution in [2.24, 2.45) is 5.41 Å². The summed E-state index contributed by atoms with van der Waals surface area (Å²) < 4.78 is 13.6. The Labute approximate surface area is 116 Å². The number of hydrogen-bond acceptors (Lipinski definition) is 1. The topological polar surface area (TPSA) is 12.0 Å². The molecule has 1 aromatic rings. The molecule has 2 rings (SSSR count). The van der Waals surface area contributed by atoms with Gasteiger partial charge in [-0.1, -0.05) is 26.0 Å². The van der Waals surface area contributed by atoms with E-state index in [2.05, 4.69) is 19.2 Å². The van der Waals surface area contributed by atoms with E-state index < -0.39 is 0 Å². The van der Waals surface area contributed by atoms with E-state index in [-0.39, 0.29) is 5.82 Å². The summed E-state index contributed by atoms with van der Waals surface area (Å²) in [5.74, 6) is -0.0665. The van der Waals surface area contributed by atoms with Crippen molar-refractivity contribution in [3.05, 3.63) is 34.6 Å². The number of halogens is 1. The minimum atomic E-state index is -0.0665. The third-order valence-corrected chi connectivity index (χ3v) is 4.43. The molecule has 0 heterocycles. The third-order valence-electron chi connectivity index (χ3n) is 4.43. The Kier molecular flexibility index (Phi) is 4.29. The average molecular weight is 263 g/mol. The normalized spacial score (nSPS) is 19.6. The fraction of sp³-hybridized carbons (Fsp3) is 0.647. The van der Waals surface area contributed by atoms with Crippen LogP contribution in [0.1, 0.15) is 56.2 Å². The van der Waals surface area contributed by atoms with Crippen molar-refractivity contribution in [3.63, 3.8) is 0 Å². The van der Waals surface area contributed by atoms with E-state index in [0.29, 0.717) is 11.5 Å². The molecular formula is C17H26FN. The number of nitrogens with one attached hydrogen (secondary N) is 1. The number of aryl methyl sites for hydroxylation is 2. The SMILES string of the molecule is Cc1cc(CNC2CCC(C)(C)CC2)cc(C)c1F. The number of hydrogen-bond donors (Lipinski definition) is 1. The van der Waals surface area contributed by atoms with Crippen LogP contribution in [0, 0.1) is 25.1 Å². The molecular weight excluding hydrogens is 237 g/mol. The van der Waals surface area contributed by atoms with Gasteiger partial charge in [0, 0.05) is 12.6 Å². The molecule has 106 valence electrons. The van der Waals surface area contributed by atoms with Crippen LogP contribution in [0.25, 0.3) is 0 Å². The van der Waals surface area contributed by atoms with Crippen LogP contribution >= 0.6 is 0 Å². The van der Waals surface area contributed by atoms with Gasteiger partial charge in [0.1, 0.15) is 5.82 Å². The van der Waals surface area contributed by atoms with Gasteiger partial charge in [0.15, 0.2) is 0 Å². The molecule has 0 saturated heterocycles. The Bertz CT molecular complexity index is 418. The summed E-state index contributed by atoms with van der Waals surface area (Å²) in [6, 6.07) is 4.54. The van der Waals surface area contributed by atoms with Crippen LogP contribution in [0.15, 0.2) is 12.1 Å². The summed E-state index contributed by atoms with van der Waals surface area (Å²) in [7, 11) is 0. The molecule has 0 atom stereocenters. The molecule has 0 radical (unpaired) electrons. The van der Waals surface area contributed by atoms with E-state index in [1.807, 2.05) is 26.0 Å². The van der Waals surface area contributed by atoms with Gasteiger partial charge in [0.25, 0.3) is 0 Å². The van der Waals surface area contributed by atoms with Crippen LogP contribution in [0.5, 0.6) is 0 Å². The molecule has 1 aliphatic carbocycles. The van der Waals surface area contributed by atoms with Gasteiger partial charge in [-0.15, -0.1) is 0 Å². The van der Waals surface area contributed by atoms with Gasteiger partial charge in [-0.05, 0) is 61.6 Å². The second-order valence-corrected chi connectivity index (χ2v) is 6.86. The fourth-order valence-electron chi connectivity index (χ4n) is 3.00. The maximum atomic E-state index is 13.6. The second-order valence-electron chi connectivity index (χ2n) is 6.86. The van der Waals surface area contributed by atoms with Crippen LogP contribution < -0.4 is 5.32 Å². The molecule has 2 heteroatoms. The lowest BCUT2D eigenvalue weighted by atomic mass is 9.75. The highest BCUT2D eigenvalue weighted by Gasteiger charge is 2.26. The second kappa shape index (κ2) is 5.62. The van der Waals surface area contributed by atoms with Gasteiger partial charge in [0.2, 0.25) is 0 Å². The Morgan fingerprint density at radius 1 is 1.16 bits per heavy atom. The Morgan fingerprint density at radius 2 is 1.68 bits per heavy atom. The highest BCUT2D eigenvalue weighted by molar-refractivity contribution is 5.30. The summed E-state index contributed by atoms with van der Waals surface area (Å²) in [5.41, 5.74) is 3.21. The molecule has 1 fully saturated rings. The highest BCUT2D eigenvalue weighted by Crippen LogP contribution is 2.35. The molecule has 19 heavy (non-hydrogen) atoms. The monoisotopic (exact) mass is 263 g/mol. The lowest BCUT2D eigenvalue weighted by molar-refractivity contribution is 0.206. The van der Waals surface area contributed by atoms with Crippen LogP contribution in [0.4, 0.5) is 4.39 Å². The van der Waals surface area contributed by atoms with Crippen molar-refractivity contribution >= 4 is 0 Å². The van der Waals surface area contributed by atoms with E-state index in [1.54, 1.807) is 0 Å². The zero-order chi connectivity index (χ0) is 14.0. The molecule has 0 aliphatic heterocycles. The van der Waals surface area contributed by atoms with Gasteiger partial charge in [0.05, 0.1) is 0 Å². The first-order chi connectivity index (χ1) is 8.87. The standard InChI is InChI=1S/C17H26FN/c1-12-9-14(10-13(2)16(12)18)11-19-15-5-7-17(3,4)8-6-15/h9-10,15,19H,5-8,11H2,1-4H3. The lowest BCUT2D eigenvalue weighted by Gasteiger charge is -2.34. The van der Waals surface area contributed by atoms with Crippen LogP contribution in [0.3, 0.4) is 0 Å². The van der Waals surface area contributed by atoms with Crippen molar-refractivity contribution < 1.29 is 4.39 Å². The highest BCUT2D eigenvalue weighted by atomic mass is 19.1. The quantitative estimate of drug-likeness (QED) is 0.846. The number of rotatable bonds is 3. The summed E-state index contributed by atoms with van der Waals surface area (Å²) in [5, 5.41) is 3.63. The molecule has 1 aliphatic rings. The molecule has 0 bridgehead atoms. The van der Waals surface area contributed by atoms with Gasteiger partial charge in [-0.2, -0.15) is 0 Å². The van der Waals surface area contributed by atoms with Crippen molar-refractivity contribution in [1.82, 2.24) is 5.32 Å². The van der Waals surface area contributed by atoms with Crippen molar-refractivity contribution in [3.8, 4) is 0 Å². The predicted octanol–water partition coefficient (Wildman–Crippen LogP) is 4.50. The first-order valence-electron chi connectivity index (χ1n) is 7.36. The minimum Gasteiger partial charge on any atom is -0.310 e. The van der Waals surface area contributed by atoms with E-state index in [0.717, 1.165) is 17.7 Å². The molecule has 0 aromatic heterocycles. The van der Waals surface area contributed by atoms with Crippen LogP contribution in [0.2, 0.25) is 0 Å². The Balaban J connectivity index is 1.90. The summed E-state index contributed by atoms with van der Waals surface area (Å²) in [6.07, 6.45) is 5.11. The van der Waals surface area contributed by atoms with Gasteiger partial charge >= 0.3 is 0 Å². The third kappa shape index (κ3) is 3.79. The van der Waals surface area contributed by atoms with E-state index in [9.17, 15) is 4.39 Å². The van der Waals surface area contributed by atoms with Crippen molar-refractivity contribution in [1.29, 1.82) is 0 Å². The van der Waals surface area contributed by atoms with Gasteiger partial charge in [-0.25, -0.2) is 4.39 Å². The first kappa shape index (κ1) is 14.5. The molecule has 1 nitrogen and oxygen atoms in total. The summed E-state index contributed by atoms with van der Waals surface area (Å²) in [6.45, 7) is 9.25.